The number of hydrogen-bond acceptors (Lipinski definition) is 2. The van der Waals surface area contributed by atoms with Gasteiger partial charge in [-0.3, -0.25) is 0 Å². The number of halogens is 1. The van der Waals surface area contributed by atoms with Gasteiger partial charge in [-0.2, -0.15) is 0 Å². The van der Waals surface area contributed by atoms with Crippen molar-refractivity contribution in [2.24, 2.45) is 0 Å². The van der Waals surface area contributed by atoms with Crippen LogP contribution in [0.1, 0.15) is 6.42 Å². The van der Waals surface area contributed by atoms with Crippen LogP contribution in [-0.2, 0) is 8.85 Å². The summed E-state index contributed by atoms with van der Waals surface area (Å²) >= 11 is 2.36. The van der Waals surface area contributed by atoms with Gasteiger partial charge in [0.15, 0.2) is 0 Å². The second kappa shape index (κ2) is 6.98. The lowest BCUT2D eigenvalue weighted by Crippen LogP contribution is -2.18. The highest BCUT2D eigenvalue weighted by atomic mass is 127. The normalized spacial score (nSPS) is 10.7. The molecule has 56 valence electrons. The van der Waals surface area contributed by atoms with E-state index < -0.39 is 9.28 Å². The van der Waals surface area contributed by atoms with Crippen LogP contribution in [0.3, 0.4) is 0 Å². The molecular formula is C5H13IO2Si. The highest BCUT2D eigenvalue weighted by Gasteiger charge is 2.06. The second-order valence-corrected chi connectivity index (χ2v) is 5.19. The van der Waals surface area contributed by atoms with Crippen molar-refractivity contribution in [3.05, 3.63) is 0 Å². The Hall–Kier alpha value is 0.867. The lowest BCUT2D eigenvalue weighted by Gasteiger charge is -2.08. The fourth-order valence-corrected chi connectivity index (χ4v) is 3.05. The van der Waals surface area contributed by atoms with Gasteiger partial charge in [0.2, 0.25) is 0 Å². The molecule has 0 spiro atoms. The van der Waals surface area contributed by atoms with E-state index in [2.05, 4.69) is 22.6 Å². The first-order valence-corrected chi connectivity index (χ1v) is 6.25. The van der Waals surface area contributed by atoms with E-state index in [-0.39, 0.29) is 0 Å². The van der Waals surface area contributed by atoms with Crippen LogP contribution in [-0.4, -0.2) is 27.9 Å². The molecule has 0 aromatic carbocycles. The van der Waals surface area contributed by atoms with Crippen molar-refractivity contribution in [2.75, 3.05) is 18.6 Å². The third kappa shape index (κ3) is 5.32. The van der Waals surface area contributed by atoms with E-state index in [1.165, 1.54) is 10.8 Å². The Bertz CT molecular complexity index is 58.9. The topological polar surface area (TPSA) is 18.5 Å². The van der Waals surface area contributed by atoms with Crippen molar-refractivity contribution in [1.82, 2.24) is 0 Å². The molecule has 0 aromatic rings. The zero-order valence-corrected chi connectivity index (χ0v) is 9.21. The molecule has 0 bridgehead atoms. The minimum Gasteiger partial charge on any atom is -0.400 e. The van der Waals surface area contributed by atoms with Crippen LogP contribution in [0, 0.1) is 0 Å². The third-order valence-corrected chi connectivity index (χ3v) is 3.79. The van der Waals surface area contributed by atoms with Crippen LogP contribution >= 0.6 is 22.6 Å². The summed E-state index contributed by atoms with van der Waals surface area (Å²) in [6.07, 6.45) is 1.22. The molecule has 4 heteroatoms. The summed E-state index contributed by atoms with van der Waals surface area (Å²) < 4.78 is 11.4. The fraction of sp³-hybridized carbons (Fsp3) is 1.00. The molecule has 0 radical (unpaired) electrons. The quantitative estimate of drug-likeness (QED) is 0.422. The van der Waals surface area contributed by atoms with Crippen molar-refractivity contribution in [1.29, 1.82) is 0 Å². The Labute approximate surface area is 71.9 Å². The SMILES string of the molecule is CO[SiH](CCCI)OC. The van der Waals surface area contributed by atoms with Gasteiger partial charge in [-0.05, 0) is 16.9 Å². The minimum absolute atomic E-state index is 1.13. The third-order valence-electron chi connectivity index (χ3n) is 1.10. The zero-order valence-electron chi connectivity index (χ0n) is 5.89. The maximum atomic E-state index is 5.11. The van der Waals surface area contributed by atoms with E-state index in [1.54, 1.807) is 14.2 Å². The van der Waals surface area contributed by atoms with E-state index in [4.69, 9.17) is 8.85 Å². The lowest BCUT2D eigenvalue weighted by molar-refractivity contribution is 0.277. The van der Waals surface area contributed by atoms with Gasteiger partial charge < -0.3 is 8.85 Å². The summed E-state index contributed by atoms with van der Waals surface area (Å²) in [6, 6.07) is 1.13. The van der Waals surface area contributed by atoms with Gasteiger partial charge >= 0.3 is 9.28 Å². The van der Waals surface area contributed by atoms with Crippen LogP contribution in [0.4, 0.5) is 0 Å². The molecule has 2 nitrogen and oxygen atoms in total. The Kier molecular flexibility index (Phi) is 7.65. The van der Waals surface area contributed by atoms with Gasteiger partial charge in [0.1, 0.15) is 0 Å². The molecule has 0 aliphatic carbocycles. The Morgan fingerprint density at radius 3 is 2.22 bits per heavy atom. The summed E-state index contributed by atoms with van der Waals surface area (Å²) in [5.74, 6) is 0. The van der Waals surface area contributed by atoms with Crippen LogP contribution in [0.25, 0.3) is 0 Å². The predicted molar refractivity (Wildman–Crippen MR) is 49.5 cm³/mol. The van der Waals surface area contributed by atoms with Gasteiger partial charge in [-0.25, -0.2) is 0 Å². The van der Waals surface area contributed by atoms with E-state index in [0.717, 1.165) is 6.04 Å². The van der Waals surface area contributed by atoms with E-state index >= 15 is 0 Å². The molecule has 0 fully saturated rings. The summed E-state index contributed by atoms with van der Waals surface area (Å²) in [4.78, 5) is 0. The Morgan fingerprint density at radius 1 is 1.33 bits per heavy atom. The molecule has 0 aromatic heterocycles. The molecule has 9 heavy (non-hydrogen) atoms. The van der Waals surface area contributed by atoms with E-state index in [0.29, 0.717) is 0 Å². The van der Waals surface area contributed by atoms with E-state index in [9.17, 15) is 0 Å². The molecule has 0 rings (SSSR count). The molecule has 0 unspecified atom stereocenters. The Balaban J connectivity index is 3.09. The Morgan fingerprint density at radius 2 is 1.89 bits per heavy atom. The molecule has 0 aliphatic rings. The van der Waals surface area contributed by atoms with Gasteiger partial charge in [-0.1, -0.05) is 22.6 Å². The van der Waals surface area contributed by atoms with Crippen molar-refractivity contribution in [3.63, 3.8) is 0 Å². The number of rotatable bonds is 5. The van der Waals surface area contributed by atoms with Crippen LogP contribution in [0.2, 0.25) is 6.04 Å². The monoisotopic (exact) mass is 260 g/mol. The maximum Gasteiger partial charge on any atom is 0.320 e. The average Bonchev–Trinajstić information content (AvgIpc) is 1.91. The highest BCUT2D eigenvalue weighted by molar-refractivity contribution is 14.1. The molecule has 0 aliphatic heterocycles. The minimum atomic E-state index is -1.21. The zero-order chi connectivity index (χ0) is 7.11. The summed E-state index contributed by atoms with van der Waals surface area (Å²) in [5, 5.41) is 0. The van der Waals surface area contributed by atoms with Crippen LogP contribution < -0.4 is 0 Å². The maximum absolute atomic E-state index is 5.11. The van der Waals surface area contributed by atoms with Crippen molar-refractivity contribution >= 4 is 31.9 Å². The molecule has 0 heterocycles. The van der Waals surface area contributed by atoms with Crippen molar-refractivity contribution in [3.8, 4) is 0 Å². The number of alkyl halides is 1. The largest absolute Gasteiger partial charge is 0.400 e. The molecule has 0 N–H and O–H groups in total. The average molecular weight is 260 g/mol. The fourth-order valence-electron chi connectivity index (χ4n) is 0.576. The standard InChI is InChI=1S/C5H13IO2Si/c1-7-9(8-2)5-3-4-6/h9H,3-5H2,1-2H3. The van der Waals surface area contributed by atoms with Gasteiger partial charge in [-0.15, -0.1) is 0 Å². The smallest absolute Gasteiger partial charge is 0.320 e. The molecule has 0 atom stereocenters. The molecule has 0 saturated carbocycles. The summed E-state index contributed by atoms with van der Waals surface area (Å²) in [6.45, 7) is 0. The van der Waals surface area contributed by atoms with Crippen LogP contribution in [0.5, 0.6) is 0 Å². The first-order valence-electron chi connectivity index (χ1n) is 2.96. The molecule has 0 saturated heterocycles. The van der Waals surface area contributed by atoms with Gasteiger partial charge in [0.25, 0.3) is 0 Å². The second-order valence-electron chi connectivity index (χ2n) is 1.73. The van der Waals surface area contributed by atoms with Crippen molar-refractivity contribution < 1.29 is 8.85 Å². The van der Waals surface area contributed by atoms with Gasteiger partial charge in [0, 0.05) is 14.2 Å². The summed E-state index contributed by atoms with van der Waals surface area (Å²) in [5.41, 5.74) is 0. The molecule has 0 amide bonds. The highest BCUT2D eigenvalue weighted by Crippen LogP contribution is 2.01. The first-order chi connectivity index (χ1) is 4.35. The van der Waals surface area contributed by atoms with Crippen molar-refractivity contribution in [2.45, 2.75) is 12.5 Å². The predicted octanol–water partition coefficient (Wildman–Crippen LogP) is 1.32. The van der Waals surface area contributed by atoms with Gasteiger partial charge in [0.05, 0.1) is 0 Å². The number of hydrogen-bond donors (Lipinski definition) is 0. The van der Waals surface area contributed by atoms with Crippen LogP contribution in [0.15, 0.2) is 0 Å². The molecular weight excluding hydrogens is 247 g/mol. The summed E-state index contributed by atoms with van der Waals surface area (Å²) in [7, 11) is 2.24. The van der Waals surface area contributed by atoms with E-state index in [1.807, 2.05) is 0 Å². The lowest BCUT2D eigenvalue weighted by atomic mass is 10.6. The first kappa shape index (κ1) is 9.87.